The molecule has 0 unspecified atom stereocenters. The molecule has 0 fully saturated rings. The number of nitrogens with one attached hydrogen (secondary N) is 2. The molecule has 1 amide bonds. The largest absolute Gasteiger partial charge is 0.361 e. The molecule has 0 radical (unpaired) electrons. The van der Waals surface area contributed by atoms with E-state index in [2.05, 4.69) is 20.7 Å². The van der Waals surface area contributed by atoms with Crippen molar-refractivity contribution in [2.45, 2.75) is 6.92 Å². The van der Waals surface area contributed by atoms with Gasteiger partial charge in [0.1, 0.15) is 5.69 Å². The highest BCUT2D eigenvalue weighted by Gasteiger charge is 2.10. The van der Waals surface area contributed by atoms with Crippen LogP contribution in [-0.4, -0.2) is 39.6 Å². The van der Waals surface area contributed by atoms with Gasteiger partial charge in [0.2, 0.25) is 0 Å². The molecule has 0 saturated carbocycles. The number of aromatic nitrogens is 2. The Labute approximate surface area is 99.0 Å². The van der Waals surface area contributed by atoms with Crippen molar-refractivity contribution in [3.8, 4) is 0 Å². The molecule has 0 spiro atoms. The lowest BCUT2D eigenvalue weighted by Crippen LogP contribution is -2.48. The summed E-state index contributed by atoms with van der Waals surface area (Å²) in [7, 11) is 1.65. The van der Waals surface area contributed by atoms with Crippen LogP contribution >= 0.6 is 12.2 Å². The van der Waals surface area contributed by atoms with Crippen LogP contribution in [0.1, 0.15) is 17.4 Å². The minimum Gasteiger partial charge on any atom is -0.361 e. The fourth-order valence-corrected chi connectivity index (χ4v) is 1.14. The van der Waals surface area contributed by atoms with Crippen molar-refractivity contribution in [2.24, 2.45) is 0 Å². The monoisotopic (exact) mass is 239 g/mol. The van der Waals surface area contributed by atoms with Crippen molar-refractivity contribution >= 4 is 23.2 Å². The average molecular weight is 239 g/mol. The Kier molecular flexibility index (Phi) is 4.59. The minimum atomic E-state index is -0.351. The zero-order valence-corrected chi connectivity index (χ0v) is 9.91. The van der Waals surface area contributed by atoms with Crippen LogP contribution in [0.3, 0.4) is 0 Å². The van der Waals surface area contributed by atoms with E-state index in [-0.39, 0.29) is 11.6 Å². The molecule has 0 saturated heterocycles. The minimum absolute atomic E-state index is 0.244. The first kappa shape index (κ1) is 12.3. The molecule has 1 aromatic rings. The molecule has 0 aliphatic heterocycles. The lowest BCUT2D eigenvalue weighted by molar-refractivity contribution is 0.0881. The zero-order valence-electron chi connectivity index (χ0n) is 9.10. The van der Waals surface area contributed by atoms with Crippen molar-refractivity contribution in [1.29, 1.82) is 0 Å². The van der Waals surface area contributed by atoms with Gasteiger partial charge in [-0.1, -0.05) is 0 Å². The Morgan fingerprint density at radius 1 is 1.56 bits per heavy atom. The summed E-state index contributed by atoms with van der Waals surface area (Å²) >= 11 is 5.01. The Hall–Kier alpha value is -1.76. The topological polar surface area (TPSA) is 70.2 Å². The normalized spacial score (nSPS) is 9.38. The first-order chi connectivity index (χ1) is 7.65. The summed E-state index contributed by atoms with van der Waals surface area (Å²) < 4.78 is 0. The van der Waals surface area contributed by atoms with E-state index >= 15 is 0 Å². The van der Waals surface area contributed by atoms with Crippen LogP contribution in [0.2, 0.25) is 0 Å². The fraction of sp³-hybridized carbons (Fsp3) is 0.333. The van der Waals surface area contributed by atoms with Crippen LogP contribution in [0.25, 0.3) is 0 Å². The van der Waals surface area contributed by atoms with Gasteiger partial charge in [-0.2, -0.15) is 0 Å². The van der Waals surface area contributed by atoms with E-state index in [1.807, 2.05) is 6.92 Å². The average Bonchev–Trinajstić information content (AvgIpc) is 2.30. The maximum Gasteiger partial charge on any atom is 0.290 e. The van der Waals surface area contributed by atoms with Gasteiger partial charge in [-0.25, -0.2) is 4.98 Å². The van der Waals surface area contributed by atoms with Gasteiger partial charge >= 0.3 is 0 Å². The molecule has 86 valence electrons. The maximum atomic E-state index is 11.6. The van der Waals surface area contributed by atoms with Crippen molar-refractivity contribution in [2.75, 3.05) is 13.6 Å². The van der Waals surface area contributed by atoms with Crippen LogP contribution in [0.5, 0.6) is 0 Å². The van der Waals surface area contributed by atoms with Gasteiger partial charge in [0.05, 0.1) is 6.20 Å². The van der Waals surface area contributed by atoms with E-state index in [1.165, 1.54) is 23.6 Å². The van der Waals surface area contributed by atoms with E-state index < -0.39 is 0 Å². The zero-order chi connectivity index (χ0) is 12.0. The smallest absolute Gasteiger partial charge is 0.290 e. The summed E-state index contributed by atoms with van der Waals surface area (Å²) in [6, 6.07) is 0. The number of carbonyl (C=O) groups excluding carboxylic acids is 1. The summed E-state index contributed by atoms with van der Waals surface area (Å²) in [6.45, 7) is 2.62. The van der Waals surface area contributed by atoms with Crippen LogP contribution < -0.4 is 10.7 Å². The Bertz CT molecular complexity index is 369. The van der Waals surface area contributed by atoms with Crippen LogP contribution in [0.4, 0.5) is 0 Å². The number of nitrogens with zero attached hydrogens (tertiary/aromatic N) is 3. The molecule has 7 heteroatoms. The van der Waals surface area contributed by atoms with E-state index in [4.69, 9.17) is 12.2 Å². The number of carbonyl (C=O) groups is 1. The highest BCUT2D eigenvalue weighted by molar-refractivity contribution is 7.80. The highest BCUT2D eigenvalue weighted by Crippen LogP contribution is 1.90. The van der Waals surface area contributed by atoms with Crippen molar-refractivity contribution < 1.29 is 4.79 Å². The third-order valence-corrected chi connectivity index (χ3v) is 2.12. The first-order valence-electron chi connectivity index (χ1n) is 4.73. The molecule has 0 aliphatic carbocycles. The Balaban J connectivity index is 2.55. The van der Waals surface area contributed by atoms with Gasteiger partial charge in [-0.15, -0.1) is 0 Å². The molecule has 6 nitrogen and oxygen atoms in total. The summed E-state index contributed by atoms with van der Waals surface area (Å²) in [4.78, 5) is 19.3. The quantitative estimate of drug-likeness (QED) is 0.557. The molecule has 0 atom stereocenters. The predicted octanol–water partition coefficient (Wildman–Crippen LogP) is -0.0524. The van der Waals surface area contributed by atoms with Gasteiger partial charge < -0.3 is 5.32 Å². The SMILES string of the molecule is CCNC(=S)N(C)NC(=O)c1cnccn1. The number of hydrogen-bond donors (Lipinski definition) is 2. The van der Waals surface area contributed by atoms with Gasteiger partial charge in [0.15, 0.2) is 5.11 Å². The van der Waals surface area contributed by atoms with Crippen LogP contribution in [0, 0.1) is 0 Å². The van der Waals surface area contributed by atoms with Gasteiger partial charge in [-0.3, -0.25) is 20.2 Å². The van der Waals surface area contributed by atoms with Crippen LogP contribution in [0.15, 0.2) is 18.6 Å². The maximum absolute atomic E-state index is 11.6. The molecule has 1 heterocycles. The number of amides is 1. The second-order valence-corrected chi connectivity index (χ2v) is 3.31. The number of hydrogen-bond acceptors (Lipinski definition) is 4. The third kappa shape index (κ3) is 3.43. The summed E-state index contributed by atoms with van der Waals surface area (Å²) in [5.41, 5.74) is 2.81. The number of hydrazine groups is 1. The van der Waals surface area contributed by atoms with Crippen molar-refractivity contribution in [3.63, 3.8) is 0 Å². The van der Waals surface area contributed by atoms with Crippen molar-refractivity contribution in [1.82, 2.24) is 25.7 Å². The summed E-state index contributed by atoms with van der Waals surface area (Å²) in [5, 5.41) is 4.78. The molecule has 2 N–H and O–H groups in total. The molecule has 16 heavy (non-hydrogen) atoms. The van der Waals surface area contributed by atoms with Gasteiger partial charge in [0, 0.05) is 26.0 Å². The second kappa shape index (κ2) is 5.96. The summed E-state index contributed by atoms with van der Waals surface area (Å²) in [6.07, 6.45) is 4.35. The standard InChI is InChI=1S/C9H13N5OS/c1-3-11-9(16)14(2)13-8(15)7-6-10-4-5-12-7/h4-6H,3H2,1-2H3,(H,11,16)(H,13,15). The highest BCUT2D eigenvalue weighted by atomic mass is 32.1. The van der Waals surface area contributed by atoms with E-state index in [1.54, 1.807) is 7.05 Å². The number of rotatable bonds is 2. The van der Waals surface area contributed by atoms with Crippen LogP contribution in [-0.2, 0) is 0 Å². The Morgan fingerprint density at radius 3 is 2.88 bits per heavy atom. The second-order valence-electron chi connectivity index (χ2n) is 2.93. The molecular formula is C9H13N5OS. The van der Waals surface area contributed by atoms with Crippen molar-refractivity contribution in [3.05, 3.63) is 24.3 Å². The molecule has 0 aliphatic rings. The Morgan fingerprint density at radius 2 is 2.31 bits per heavy atom. The first-order valence-corrected chi connectivity index (χ1v) is 5.14. The summed E-state index contributed by atoms with van der Waals surface area (Å²) in [5.74, 6) is -0.351. The third-order valence-electron chi connectivity index (χ3n) is 1.70. The lowest BCUT2D eigenvalue weighted by atomic mass is 10.4. The lowest BCUT2D eigenvalue weighted by Gasteiger charge is -2.20. The fourth-order valence-electron chi connectivity index (χ4n) is 0.947. The number of thiocarbonyl (C=S) groups is 1. The predicted molar refractivity (Wildman–Crippen MR) is 63.5 cm³/mol. The molecule has 0 aromatic carbocycles. The van der Waals surface area contributed by atoms with E-state index in [0.29, 0.717) is 11.7 Å². The van der Waals surface area contributed by atoms with E-state index in [0.717, 1.165) is 0 Å². The van der Waals surface area contributed by atoms with Gasteiger partial charge in [0.25, 0.3) is 5.91 Å². The molecule has 0 bridgehead atoms. The molecule has 1 rings (SSSR count). The molecule has 1 aromatic heterocycles. The van der Waals surface area contributed by atoms with E-state index in [9.17, 15) is 4.79 Å². The molecular weight excluding hydrogens is 226 g/mol. The van der Waals surface area contributed by atoms with Gasteiger partial charge in [-0.05, 0) is 19.1 Å².